The molecule has 74 valence electrons. The quantitative estimate of drug-likeness (QED) is 0.520. The fraction of sp³-hybridized carbons (Fsp3) is 0.125. The number of anilines is 1. The van der Waals surface area contributed by atoms with Crippen molar-refractivity contribution in [1.82, 2.24) is 0 Å². The van der Waals surface area contributed by atoms with E-state index in [1.54, 1.807) is 0 Å². The van der Waals surface area contributed by atoms with Crippen molar-refractivity contribution in [2.75, 3.05) is 5.73 Å². The number of halogens is 4. The van der Waals surface area contributed by atoms with Gasteiger partial charge < -0.3 is 5.73 Å². The minimum atomic E-state index is -4.63. The highest BCUT2D eigenvalue weighted by atomic mass is 19.4. The van der Waals surface area contributed by atoms with E-state index in [0.29, 0.717) is 12.1 Å². The van der Waals surface area contributed by atoms with E-state index in [2.05, 4.69) is 0 Å². The molecule has 0 unspecified atom stereocenters. The average molecular weight is 204 g/mol. The Morgan fingerprint density at radius 1 is 1.29 bits per heavy atom. The zero-order valence-electron chi connectivity index (χ0n) is 6.69. The fourth-order valence-electron chi connectivity index (χ4n) is 0.892. The van der Waals surface area contributed by atoms with Crippen LogP contribution in [-0.2, 0) is 6.18 Å². The Labute approximate surface area is 76.6 Å². The molecule has 0 saturated carbocycles. The topological polar surface area (TPSA) is 49.8 Å². The second-order valence-electron chi connectivity index (χ2n) is 2.54. The van der Waals surface area contributed by atoms with Crippen molar-refractivity contribution in [3.05, 3.63) is 29.1 Å². The molecule has 0 heterocycles. The van der Waals surface area contributed by atoms with E-state index in [4.69, 9.17) is 11.0 Å². The zero-order valence-corrected chi connectivity index (χ0v) is 6.69. The molecule has 1 aromatic rings. The van der Waals surface area contributed by atoms with Gasteiger partial charge in [-0.25, -0.2) is 4.39 Å². The van der Waals surface area contributed by atoms with Crippen LogP contribution in [0, 0.1) is 17.1 Å². The first-order valence-corrected chi connectivity index (χ1v) is 3.42. The second-order valence-corrected chi connectivity index (χ2v) is 2.54. The van der Waals surface area contributed by atoms with Crippen molar-refractivity contribution in [1.29, 1.82) is 5.26 Å². The normalized spacial score (nSPS) is 11.1. The first kappa shape index (κ1) is 10.3. The van der Waals surface area contributed by atoms with Crippen LogP contribution in [0.3, 0.4) is 0 Å². The minimum absolute atomic E-state index is 0.422. The Hall–Kier alpha value is -1.77. The Morgan fingerprint density at radius 2 is 1.86 bits per heavy atom. The first-order chi connectivity index (χ1) is 6.36. The van der Waals surface area contributed by atoms with Crippen molar-refractivity contribution < 1.29 is 17.6 Å². The van der Waals surface area contributed by atoms with Crippen molar-refractivity contribution in [2.45, 2.75) is 6.18 Å². The molecular formula is C8H4F4N2. The summed E-state index contributed by atoms with van der Waals surface area (Å²) in [7, 11) is 0. The van der Waals surface area contributed by atoms with Crippen LogP contribution in [0.2, 0.25) is 0 Å². The summed E-state index contributed by atoms with van der Waals surface area (Å²) >= 11 is 0. The second kappa shape index (κ2) is 3.18. The van der Waals surface area contributed by atoms with Crippen LogP contribution in [-0.4, -0.2) is 0 Å². The number of nitrogens with two attached hydrogens (primary N) is 1. The smallest absolute Gasteiger partial charge is 0.396 e. The average Bonchev–Trinajstić information content (AvgIpc) is 2.07. The molecule has 1 rings (SSSR count). The van der Waals surface area contributed by atoms with Crippen molar-refractivity contribution in [3.8, 4) is 6.07 Å². The maximum Gasteiger partial charge on any atom is 0.416 e. The molecule has 0 spiro atoms. The standard InChI is InChI=1S/C8H4F4N2/c9-7-4(3-13)1-5(2-6(7)14)8(10,11)12/h1-2H,14H2. The summed E-state index contributed by atoms with van der Waals surface area (Å²) in [6.07, 6.45) is -4.63. The molecule has 0 amide bonds. The number of nitrogens with zero attached hydrogens (tertiary/aromatic N) is 1. The van der Waals surface area contributed by atoms with Gasteiger partial charge in [-0.3, -0.25) is 0 Å². The summed E-state index contributed by atoms with van der Waals surface area (Å²) in [6.45, 7) is 0. The number of nitrogen functional groups attached to an aromatic ring is 1. The Balaban J connectivity index is 3.40. The highest BCUT2D eigenvalue weighted by Crippen LogP contribution is 2.32. The number of benzene rings is 1. The number of hydrogen-bond donors (Lipinski definition) is 1. The summed E-state index contributed by atoms with van der Waals surface area (Å²) in [5, 5.41) is 8.32. The van der Waals surface area contributed by atoms with Gasteiger partial charge in [0.25, 0.3) is 0 Å². The number of rotatable bonds is 0. The molecule has 0 aliphatic heterocycles. The van der Waals surface area contributed by atoms with E-state index in [1.807, 2.05) is 0 Å². The molecule has 2 N–H and O–H groups in total. The van der Waals surface area contributed by atoms with Gasteiger partial charge in [-0.05, 0) is 12.1 Å². The summed E-state index contributed by atoms with van der Waals surface area (Å²) in [5.74, 6) is -1.12. The van der Waals surface area contributed by atoms with Crippen LogP contribution in [0.1, 0.15) is 11.1 Å². The molecule has 0 bridgehead atoms. The van der Waals surface area contributed by atoms with Crippen LogP contribution < -0.4 is 5.73 Å². The van der Waals surface area contributed by atoms with Gasteiger partial charge >= 0.3 is 6.18 Å². The molecule has 2 nitrogen and oxygen atoms in total. The molecule has 1 aromatic carbocycles. The molecule has 6 heteroatoms. The molecule has 0 fully saturated rings. The van der Waals surface area contributed by atoms with Crippen LogP contribution in [0.15, 0.2) is 12.1 Å². The summed E-state index contributed by atoms with van der Waals surface area (Å²) in [5.41, 5.74) is 2.44. The summed E-state index contributed by atoms with van der Waals surface area (Å²) in [4.78, 5) is 0. The summed E-state index contributed by atoms with van der Waals surface area (Å²) in [6, 6.07) is 2.17. The predicted octanol–water partition coefficient (Wildman–Crippen LogP) is 2.30. The highest BCUT2D eigenvalue weighted by molar-refractivity contribution is 5.51. The molecular weight excluding hydrogens is 200 g/mol. The van der Waals surface area contributed by atoms with Crippen molar-refractivity contribution >= 4 is 5.69 Å². The molecule has 0 radical (unpaired) electrons. The van der Waals surface area contributed by atoms with E-state index in [-0.39, 0.29) is 0 Å². The lowest BCUT2D eigenvalue weighted by molar-refractivity contribution is -0.137. The van der Waals surface area contributed by atoms with E-state index in [9.17, 15) is 17.6 Å². The van der Waals surface area contributed by atoms with E-state index < -0.39 is 28.8 Å². The molecule has 0 aliphatic carbocycles. The Morgan fingerprint density at radius 3 is 2.29 bits per heavy atom. The highest BCUT2D eigenvalue weighted by Gasteiger charge is 2.32. The largest absolute Gasteiger partial charge is 0.416 e. The van der Waals surface area contributed by atoms with Crippen LogP contribution >= 0.6 is 0 Å². The van der Waals surface area contributed by atoms with Gasteiger partial charge in [0, 0.05) is 0 Å². The number of hydrogen-bond acceptors (Lipinski definition) is 2. The van der Waals surface area contributed by atoms with Crippen molar-refractivity contribution in [3.63, 3.8) is 0 Å². The number of alkyl halides is 3. The van der Waals surface area contributed by atoms with Gasteiger partial charge in [0.05, 0.1) is 16.8 Å². The van der Waals surface area contributed by atoms with Crippen LogP contribution in [0.4, 0.5) is 23.2 Å². The monoisotopic (exact) mass is 204 g/mol. The maximum atomic E-state index is 12.9. The molecule has 0 atom stereocenters. The lowest BCUT2D eigenvalue weighted by Crippen LogP contribution is -2.07. The molecule has 0 aliphatic rings. The van der Waals surface area contributed by atoms with E-state index in [1.165, 1.54) is 6.07 Å². The lowest BCUT2D eigenvalue weighted by atomic mass is 10.1. The lowest BCUT2D eigenvalue weighted by Gasteiger charge is -2.08. The van der Waals surface area contributed by atoms with Gasteiger partial charge in [0.2, 0.25) is 0 Å². The van der Waals surface area contributed by atoms with Gasteiger partial charge in [0.15, 0.2) is 5.82 Å². The number of nitriles is 1. The SMILES string of the molecule is N#Cc1cc(C(F)(F)F)cc(N)c1F. The van der Waals surface area contributed by atoms with Crippen LogP contribution in [0.5, 0.6) is 0 Å². The Kier molecular flexibility index (Phi) is 2.34. The first-order valence-electron chi connectivity index (χ1n) is 3.42. The third-order valence-electron chi connectivity index (χ3n) is 1.55. The van der Waals surface area contributed by atoms with Gasteiger partial charge in [-0.15, -0.1) is 0 Å². The third-order valence-corrected chi connectivity index (χ3v) is 1.55. The van der Waals surface area contributed by atoms with Gasteiger partial charge in [-0.2, -0.15) is 18.4 Å². The van der Waals surface area contributed by atoms with Crippen LogP contribution in [0.25, 0.3) is 0 Å². The third kappa shape index (κ3) is 1.76. The maximum absolute atomic E-state index is 12.9. The predicted molar refractivity (Wildman–Crippen MR) is 40.5 cm³/mol. The Bertz CT molecular complexity index is 403. The van der Waals surface area contributed by atoms with Gasteiger partial charge in [0.1, 0.15) is 6.07 Å². The van der Waals surface area contributed by atoms with Crippen molar-refractivity contribution in [2.24, 2.45) is 0 Å². The summed E-state index contributed by atoms with van der Waals surface area (Å²) < 4.78 is 49.2. The van der Waals surface area contributed by atoms with E-state index in [0.717, 1.165) is 0 Å². The van der Waals surface area contributed by atoms with E-state index >= 15 is 0 Å². The molecule has 0 aromatic heterocycles. The zero-order chi connectivity index (χ0) is 10.9. The molecule has 0 saturated heterocycles. The fourth-order valence-corrected chi connectivity index (χ4v) is 0.892. The van der Waals surface area contributed by atoms with Gasteiger partial charge in [-0.1, -0.05) is 0 Å². The molecule has 14 heavy (non-hydrogen) atoms. The minimum Gasteiger partial charge on any atom is -0.396 e.